The number of halogens is 1. The summed E-state index contributed by atoms with van der Waals surface area (Å²) in [5.41, 5.74) is 0.443. The third-order valence-electron chi connectivity index (χ3n) is 6.78. The van der Waals surface area contributed by atoms with E-state index >= 15 is 0 Å². The third kappa shape index (κ3) is 4.86. The van der Waals surface area contributed by atoms with Gasteiger partial charge in [0.05, 0.1) is 24.3 Å². The summed E-state index contributed by atoms with van der Waals surface area (Å²) in [6.45, 7) is -0.317. The summed E-state index contributed by atoms with van der Waals surface area (Å²) in [5.74, 6) is 0.712. The first-order chi connectivity index (χ1) is 18.5. The molecule has 0 spiro atoms. The van der Waals surface area contributed by atoms with Crippen LogP contribution in [0.3, 0.4) is 0 Å². The Labute approximate surface area is 227 Å². The number of methoxy groups -OCH3 is 1. The van der Waals surface area contributed by atoms with Crippen LogP contribution in [-0.2, 0) is 15.1 Å². The van der Waals surface area contributed by atoms with Crippen LogP contribution in [0.1, 0.15) is 29.3 Å². The lowest BCUT2D eigenvalue weighted by Gasteiger charge is -2.39. The molecule has 1 fully saturated rings. The number of benzene rings is 3. The smallest absolute Gasteiger partial charge is 0.330 e. The standard InChI is InChI=1S/C29H27BrN2O6/c1-36-22-14-12-21(13-15-22)29(19-8-4-2-5-9-19,20-10-6-3-7-11-20)38-24-16-26(37-25(24)18-33)32-17-23(30)27(34)31-28(32)35/h2-15,17,24-26,33H,16,18H2,1H3,(H,31,34,35)/t24?,25-,26-/m0/s1. The number of ether oxygens (including phenoxy) is 3. The molecule has 4 aromatic rings. The monoisotopic (exact) mass is 578 g/mol. The van der Waals surface area contributed by atoms with Crippen LogP contribution in [0.15, 0.2) is 105 Å². The SMILES string of the molecule is COc1ccc(C(OC2C[C@@H](n3cc(Br)c(=O)[nH]c3=O)O[C@H]2CO)(c2ccccc2)c2ccccc2)cc1. The second kappa shape index (κ2) is 11.1. The lowest BCUT2D eigenvalue weighted by Crippen LogP contribution is -2.40. The van der Waals surface area contributed by atoms with Crippen molar-refractivity contribution in [2.24, 2.45) is 0 Å². The first-order valence-corrected chi connectivity index (χ1v) is 13.0. The quantitative estimate of drug-likeness (QED) is 0.307. The number of aromatic nitrogens is 2. The Bertz CT molecular complexity index is 1450. The second-order valence-corrected chi connectivity index (χ2v) is 9.84. The Morgan fingerprint density at radius 1 is 0.974 bits per heavy atom. The van der Waals surface area contributed by atoms with Crippen molar-refractivity contribution in [1.82, 2.24) is 9.55 Å². The van der Waals surface area contributed by atoms with Gasteiger partial charge in [0.15, 0.2) is 0 Å². The fourth-order valence-electron chi connectivity index (χ4n) is 4.94. The first kappa shape index (κ1) is 26.1. The van der Waals surface area contributed by atoms with Gasteiger partial charge in [0.1, 0.15) is 23.7 Å². The Morgan fingerprint density at radius 3 is 2.11 bits per heavy atom. The van der Waals surface area contributed by atoms with Crippen molar-refractivity contribution >= 4 is 15.9 Å². The van der Waals surface area contributed by atoms with Crippen LogP contribution in [0.5, 0.6) is 5.75 Å². The maximum atomic E-state index is 12.6. The van der Waals surface area contributed by atoms with Crippen molar-refractivity contribution in [3.05, 3.63) is 133 Å². The van der Waals surface area contributed by atoms with E-state index in [-0.39, 0.29) is 17.5 Å². The predicted octanol–water partition coefficient (Wildman–Crippen LogP) is 3.96. The molecule has 1 aromatic heterocycles. The van der Waals surface area contributed by atoms with Crippen LogP contribution in [0.2, 0.25) is 0 Å². The van der Waals surface area contributed by atoms with E-state index in [9.17, 15) is 14.7 Å². The minimum atomic E-state index is -1.07. The van der Waals surface area contributed by atoms with Gasteiger partial charge in [-0.3, -0.25) is 14.3 Å². The minimum absolute atomic E-state index is 0.201. The van der Waals surface area contributed by atoms with Crippen molar-refractivity contribution in [3.63, 3.8) is 0 Å². The topological polar surface area (TPSA) is 103 Å². The highest BCUT2D eigenvalue weighted by Gasteiger charge is 2.46. The van der Waals surface area contributed by atoms with E-state index in [0.717, 1.165) is 16.7 Å². The molecule has 8 nitrogen and oxygen atoms in total. The molecule has 0 aliphatic carbocycles. The summed E-state index contributed by atoms with van der Waals surface area (Å²) in [6.07, 6.45) is -0.416. The zero-order chi connectivity index (χ0) is 26.7. The molecule has 0 radical (unpaired) electrons. The molecule has 1 aliphatic rings. The van der Waals surface area contributed by atoms with Crippen LogP contribution in [0.25, 0.3) is 0 Å². The van der Waals surface area contributed by atoms with E-state index in [1.54, 1.807) is 7.11 Å². The van der Waals surface area contributed by atoms with Gasteiger partial charge in [-0.05, 0) is 44.8 Å². The van der Waals surface area contributed by atoms with Gasteiger partial charge in [-0.25, -0.2) is 4.79 Å². The first-order valence-electron chi connectivity index (χ1n) is 12.2. The molecule has 0 bridgehead atoms. The number of hydrogen-bond acceptors (Lipinski definition) is 6. The molecule has 3 atom stereocenters. The number of rotatable bonds is 8. The molecule has 3 aromatic carbocycles. The number of nitrogens with zero attached hydrogens (tertiary/aromatic N) is 1. The van der Waals surface area contributed by atoms with Crippen molar-refractivity contribution in [2.75, 3.05) is 13.7 Å². The van der Waals surface area contributed by atoms with Gasteiger partial charge in [-0.1, -0.05) is 72.8 Å². The molecule has 5 rings (SSSR count). The molecule has 2 heterocycles. The third-order valence-corrected chi connectivity index (χ3v) is 7.35. The van der Waals surface area contributed by atoms with Crippen LogP contribution in [0, 0.1) is 0 Å². The van der Waals surface area contributed by atoms with Crippen molar-refractivity contribution in [2.45, 2.75) is 30.5 Å². The number of H-pyrrole nitrogens is 1. The predicted molar refractivity (Wildman–Crippen MR) is 145 cm³/mol. The van der Waals surface area contributed by atoms with Gasteiger partial charge in [-0.15, -0.1) is 0 Å². The highest BCUT2D eigenvalue weighted by molar-refractivity contribution is 9.10. The zero-order valence-electron chi connectivity index (χ0n) is 20.6. The van der Waals surface area contributed by atoms with Crippen molar-refractivity contribution in [1.29, 1.82) is 0 Å². The van der Waals surface area contributed by atoms with E-state index in [2.05, 4.69) is 20.9 Å². The molecule has 1 saturated heterocycles. The lowest BCUT2D eigenvalue weighted by atomic mass is 9.79. The fraction of sp³-hybridized carbons (Fsp3) is 0.241. The van der Waals surface area contributed by atoms with Crippen LogP contribution in [0.4, 0.5) is 0 Å². The van der Waals surface area contributed by atoms with Crippen LogP contribution in [-0.4, -0.2) is 40.6 Å². The molecule has 2 N–H and O–H groups in total. The molecule has 1 aliphatic heterocycles. The largest absolute Gasteiger partial charge is 0.497 e. The average Bonchev–Trinajstić information content (AvgIpc) is 3.37. The summed E-state index contributed by atoms with van der Waals surface area (Å²) in [7, 11) is 1.62. The second-order valence-electron chi connectivity index (χ2n) is 8.99. The van der Waals surface area contributed by atoms with Crippen molar-refractivity contribution in [3.8, 4) is 5.75 Å². The maximum Gasteiger partial charge on any atom is 0.330 e. The Morgan fingerprint density at radius 2 is 1.55 bits per heavy atom. The summed E-state index contributed by atoms with van der Waals surface area (Å²) < 4.78 is 20.1. The van der Waals surface area contributed by atoms with Crippen molar-refractivity contribution < 1.29 is 19.3 Å². The van der Waals surface area contributed by atoms with Crippen LogP contribution >= 0.6 is 15.9 Å². The van der Waals surface area contributed by atoms with E-state index < -0.39 is 35.3 Å². The van der Waals surface area contributed by atoms with Gasteiger partial charge >= 0.3 is 5.69 Å². The Balaban J connectivity index is 1.63. The summed E-state index contributed by atoms with van der Waals surface area (Å²) in [6, 6.07) is 27.4. The Kier molecular flexibility index (Phi) is 7.62. The summed E-state index contributed by atoms with van der Waals surface area (Å²) >= 11 is 3.18. The van der Waals surface area contributed by atoms with Gasteiger partial charge in [0.2, 0.25) is 0 Å². The number of nitrogens with one attached hydrogen (secondary N) is 1. The number of aliphatic hydroxyl groups excluding tert-OH is 1. The molecule has 1 unspecified atom stereocenters. The molecular formula is C29H27BrN2O6. The highest BCUT2D eigenvalue weighted by atomic mass is 79.9. The van der Waals surface area contributed by atoms with E-state index in [4.69, 9.17) is 14.2 Å². The zero-order valence-corrected chi connectivity index (χ0v) is 22.2. The minimum Gasteiger partial charge on any atom is -0.497 e. The normalized spacial score (nSPS) is 19.4. The van der Waals surface area contributed by atoms with Crippen LogP contribution < -0.4 is 16.0 Å². The maximum absolute atomic E-state index is 12.6. The molecule has 0 saturated carbocycles. The fourth-order valence-corrected chi connectivity index (χ4v) is 5.26. The van der Waals surface area contributed by atoms with E-state index in [1.165, 1.54) is 10.8 Å². The molecule has 38 heavy (non-hydrogen) atoms. The highest BCUT2D eigenvalue weighted by Crippen LogP contribution is 2.45. The number of hydrogen-bond donors (Lipinski definition) is 2. The number of aromatic amines is 1. The van der Waals surface area contributed by atoms with Gasteiger partial charge in [-0.2, -0.15) is 0 Å². The van der Waals surface area contributed by atoms with Gasteiger partial charge < -0.3 is 19.3 Å². The average molecular weight is 579 g/mol. The van der Waals surface area contributed by atoms with E-state index in [0.29, 0.717) is 5.75 Å². The van der Waals surface area contributed by atoms with Gasteiger partial charge in [0, 0.05) is 12.6 Å². The molecule has 0 amide bonds. The number of aliphatic hydroxyl groups is 1. The molecule has 196 valence electrons. The van der Waals surface area contributed by atoms with E-state index in [1.807, 2.05) is 84.9 Å². The van der Waals surface area contributed by atoms with Gasteiger partial charge in [0.25, 0.3) is 5.56 Å². The lowest BCUT2D eigenvalue weighted by molar-refractivity contribution is -0.0994. The molecule has 9 heteroatoms. The molecular weight excluding hydrogens is 552 g/mol. The summed E-state index contributed by atoms with van der Waals surface area (Å²) in [5, 5.41) is 10.3. The summed E-state index contributed by atoms with van der Waals surface area (Å²) in [4.78, 5) is 26.7. The Hall–Kier alpha value is -3.50.